The van der Waals surface area contributed by atoms with Crippen molar-refractivity contribution in [3.63, 3.8) is 0 Å². The van der Waals surface area contributed by atoms with Gasteiger partial charge in [-0.2, -0.15) is 0 Å². The molecule has 10 nitrogen and oxygen atoms in total. The number of urea groups is 1. The van der Waals surface area contributed by atoms with Gasteiger partial charge in [-0.05, 0) is 42.0 Å². The van der Waals surface area contributed by atoms with E-state index in [1.54, 1.807) is 11.0 Å². The van der Waals surface area contributed by atoms with Crippen LogP contribution in [-0.4, -0.2) is 64.9 Å². The summed E-state index contributed by atoms with van der Waals surface area (Å²) in [5, 5.41) is 20.6. The molecule has 0 spiro atoms. The number of phenols is 1. The van der Waals surface area contributed by atoms with Crippen molar-refractivity contribution in [1.82, 2.24) is 20.4 Å². The molecule has 4 N–H and O–H groups in total. The van der Waals surface area contributed by atoms with Gasteiger partial charge in [0.2, 0.25) is 5.91 Å². The smallest absolute Gasteiger partial charge is 0.328 e. The third kappa shape index (κ3) is 4.91. The minimum atomic E-state index is -0.477. The zero-order chi connectivity index (χ0) is 25.2. The molecule has 3 aromatic rings. The summed E-state index contributed by atoms with van der Waals surface area (Å²) < 4.78 is 13.7. The Morgan fingerprint density at radius 3 is 2.58 bits per heavy atom. The van der Waals surface area contributed by atoms with Crippen molar-refractivity contribution in [2.24, 2.45) is 0 Å². The van der Waals surface area contributed by atoms with Crippen LogP contribution >= 0.6 is 0 Å². The molecule has 0 atom stereocenters. The van der Waals surface area contributed by atoms with E-state index in [1.807, 2.05) is 24.3 Å². The second kappa shape index (κ2) is 9.78. The van der Waals surface area contributed by atoms with Gasteiger partial charge in [-0.15, -0.1) is 10.2 Å². The number of rotatable bonds is 5. The molecule has 1 aromatic heterocycles. The third-order valence-electron chi connectivity index (χ3n) is 6.43. The van der Waals surface area contributed by atoms with E-state index < -0.39 is 11.8 Å². The molecule has 36 heavy (non-hydrogen) atoms. The highest BCUT2D eigenvalue weighted by atomic mass is 19.1. The fourth-order valence-electron chi connectivity index (χ4n) is 4.53. The zero-order valence-corrected chi connectivity index (χ0v) is 19.5. The van der Waals surface area contributed by atoms with Crippen LogP contribution in [0.3, 0.4) is 0 Å². The van der Waals surface area contributed by atoms with Gasteiger partial charge in [-0.25, -0.2) is 9.18 Å². The van der Waals surface area contributed by atoms with Crippen LogP contribution in [0.4, 0.5) is 26.4 Å². The number of hydrogen-bond acceptors (Lipinski definition) is 8. The summed E-state index contributed by atoms with van der Waals surface area (Å²) in [4.78, 5) is 29.6. The molecule has 0 saturated carbocycles. The number of nitrogens with one attached hydrogen (secondary N) is 1. The van der Waals surface area contributed by atoms with E-state index in [1.165, 1.54) is 18.2 Å². The molecule has 186 valence electrons. The van der Waals surface area contributed by atoms with Gasteiger partial charge in [-0.1, -0.05) is 12.1 Å². The Kier molecular flexibility index (Phi) is 6.38. The number of nitrogens with two attached hydrogens (primary N) is 1. The normalized spacial score (nSPS) is 16.8. The number of phenolic OH excluding ortho intramolecular Hbond substituents is 1. The quantitative estimate of drug-likeness (QED) is 0.496. The molecular weight excluding hydrogens is 465 g/mol. The number of nitrogen functional groups attached to an aromatic ring is 1. The maximum atomic E-state index is 13.7. The average Bonchev–Trinajstić information content (AvgIpc) is 2.87. The fraction of sp³-hybridized carbons (Fsp3) is 0.280. The summed E-state index contributed by atoms with van der Waals surface area (Å²) >= 11 is 0. The summed E-state index contributed by atoms with van der Waals surface area (Å²) in [7, 11) is 0. The van der Waals surface area contributed by atoms with Gasteiger partial charge in [0.15, 0.2) is 5.82 Å². The van der Waals surface area contributed by atoms with Gasteiger partial charge < -0.3 is 15.7 Å². The molecule has 11 heteroatoms. The minimum absolute atomic E-state index is 0.0814. The highest BCUT2D eigenvalue weighted by Gasteiger charge is 2.25. The molecule has 0 unspecified atom stereocenters. The molecular formula is C25H26FN7O3. The van der Waals surface area contributed by atoms with E-state index >= 15 is 0 Å². The van der Waals surface area contributed by atoms with Crippen LogP contribution in [0.15, 0.2) is 48.5 Å². The first-order chi connectivity index (χ1) is 17.4. The highest BCUT2D eigenvalue weighted by molar-refractivity contribution is 6.05. The number of anilines is 3. The van der Waals surface area contributed by atoms with Crippen LogP contribution in [0.2, 0.25) is 0 Å². The number of aromatic nitrogens is 2. The number of aromatic hydroxyl groups is 1. The number of halogens is 1. The lowest BCUT2D eigenvalue weighted by Crippen LogP contribution is -2.49. The number of hydrogen-bond donors (Lipinski definition) is 3. The SMILES string of the molecule is Nc1nnc(-c2cc(F)ccc2O)cc1N1CCN(Cc2cccc(N3CCC(=O)NC3=O)c2)CC1. The second-order valence-corrected chi connectivity index (χ2v) is 8.85. The van der Waals surface area contributed by atoms with Gasteiger partial charge in [0.05, 0.1) is 11.4 Å². The Labute approximate surface area is 207 Å². The summed E-state index contributed by atoms with van der Waals surface area (Å²) in [6, 6.07) is 12.8. The second-order valence-electron chi connectivity index (χ2n) is 8.85. The lowest BCUT2D eigenvalue weighted by molar-refractivity contribution is -0.120. The summed E-state index contributed by atoms with van der Waals surface area (Å²) in [5.74, 6) is -0.540. The van der Waals surface area contributed by atoms with Crippen molar-refractivity contribution in [2.75, 3.05) is 48.3 Å². The van der Waals surface area contributed by atoms with E-state index in [-0.39, 0.29) is 29.5 Å². The van der Waals surface area contributed by atoms with Crippen molar-refractivity contribution in [2.45, 2.75) is 13.0 Å². The van der Waals surface area contributed by atoms with Crippen molar-refractivity contribution >= 4 is 29.1 Å². The molecule has 3 heterocycles. The Bertz CT molecular complexity index is 1310. The van der Waals surface area contributed by atoms with Gasteiger partial charge in [-0.3, -0.25) is 19.9 Å². The van der Waals surface area contributed by atoms with E-state index in [0.29, 0.717) is 37.6 Å². The standard InChI is InChI=1S/C25H26FN7O3/c26-17-4-5-22(34)19(13-17)20-14-21(24(27)30-29-20)32-10-8-31(9-11-32)15-16-2-1-3-18(12-16)33-7-6-23(35)28-25(33)36/h1-5,12-14,34H,6-11,15H2,(H2,27,30)(H,28,35,36). The zero-order valence-electron chi connectivity index (χ0n) is 19.5. The molecule has 0 aliphatic carbocycles. The van der Waals surface area contributed by atoms with Crippen molar-refractivity contribution in [3.8, 4) is 17.0 Å². The van der Waals surface area contributed by atoms with Crippen LogP contribution in [0.1, 0.15) is 12.0 Å². The lowest BCUT2D eigenvalue weighted by atomic mass is 10.1. The Balaban J connectivity index is 1.25. The van der Waals surface area contributed by atoms with Gasteiger partial charge in [0, 0.05) is 56.9 Å². The largest absolute Gasteiger partial charge is 0.507 e. The predicted molar refractivity (Wildman–Crippen MR) is 133 cm³/mol. The number of benzene rings is 2. The van der Waals surface area contributed by atoms with Crippen LogP contribution in [-0.2, 0) is 11.3 Å². The van der Waals surface area contributed by atoms with Crippen LogP contribution in [0.25, 0.3) is 11.3 Å². The van der Waals surface area contributed by atoms with Gasteiger partial charge >= 0.3 is 6.03 Å². The van der Waals surface area contributed by atoms with Gasteiger partial charge in [0.1, 0.15) is 11.6 Å². The molecule has 5 rings (SSSR count). The first kappa shape index (κ1) is 23.5. The molecule has 2 saturated heterocycles. The molecule has 2 aliphatic rings. The Morgan fingerprint density at radius 2 is 1.81 bits per heavy atom. The monoisotopic (exact) mass is 491 g/mol. The van der Waals surface area contributed by atoms with Crippen molar-refractivity contribution in [3.05, 3.63) is 59.9 Å². The summed E-state index contributed by atoms with van der Waals surface area (Å²) in [6.45, 7) is 4.00. The molecule has 2 aliphatic heterocycles. The summed E-state index contributed by atoms with van der Waals surface area (Å²) in [6.07, 6.45) is 0.283. The molecule has 0 bridgehead atoms. The average molecular weight is 492 g/mol. The third-order valence-corrected chi connectivity index (χ3v) is 6.43. The summed E-state index contributed by atoms with van der Waals surface area (Å²) in [5.41, 5.74) is 9.24. The van der Waals surface area contributed by atoms with Crippen LogP contribution in [0.5, 0.6) is 5.75 Å². The number of carbonyl (C=O) groups excluding carboxylic acids is 2. The molecule has 3 amide bonds. The van der Waals surface area contributed by atoms with Crippen molar-refractivity contribution < 1.29 is 19.1 Å². The van der Waals surface area contributed by atoms with Crippen molar-refractivity contribution in [1.29, 1.82) is 0 Å². The molecule has 0 radical (unpaired) electrons. The minimum Gasteiger partial charge on any atom is -0.507 e. The first-order valence-electron chi connectivity index (χ1n) is 11.7. The fourth-order valence-corrected chi connectivity index (χ4v) is 4.53. The maximum absolute atomic E-state index is 13.7. The van der Waals surface area contributed by atoms with E-state index in [0.717, 1.165) is 24.3 Å². The van der Waals surface area contributed by atoms with E-state index in [9.17, 15) is 19.1 Å². The molecule has 2 aromatic carbocycles. The number of amides is 3. The van der Waals surface area contributed by atoms with E-state index in [2.05, 4.69) is 25.3 Å². The Hall–Kier alpha value is -4.25. The van der Waals surface area contributed by atoms with Crippen LogP contribution in [0, 0.1) is 5.82 Å². The van der Waals surface area contributed by atoms with Gasteiger partial charge in [0.25, 0.3) is 0 Å². The number of nitrogens with zero attached hydrogens (tertiary/aromatic N) is 5. The highest BCUT2D eigenvalue weighted by Crippen LogP contribution is 2.32. The Morgan fingerprint density at radius 1 is 1.00 bits per heavy atom. The number of carbonyl (C=O) groups is 2. The van der Waals surface area contributed by atoms with Crippen LogP contribution < -0.4 is 20.9 Å². The lowest BCUT2D eigenvalue weighted by Gasteiger charge is -2.36. The molecule has 2 fully saturated rings. The number of imide groups is 1. The predicted octanol–water partition coefficient (Wildman–Crippen LogP) is 2.34. The van der Waals surface area contributed by atoms with E-state index in [4.69, 9.17) is 5.73 Å². The number of piperazine rings is 1. The first-order valence-corrected chi connectivity index (χ1v) is 11.7. The maximum Gasteiger partial charge on any atom is 0.328 e. The topological polar surface area (TPSA) is 128 Å².